The van der Waals surface area contributed by atoms with Crippen molar-refractivity contribution in [1.29, 1.82) is 0 Å². The Labute approximate surface area is 226 Å². The van der Waals surface area contributed by atoms with E-state index >= 15 is 0 Å². The van der Waals surface area contributed by atoms with E-state index in [1.807, 2.05) is 44.3 Å². The van der Waals surface area contributed by atoms with Crippen LogP contribution in [0.15, 0.2) is 41.3 Å². The van der Waals surface area contributed by atoms with E-state index in [-0.39, 0.29) is 25.0 Å². The zero-order valence-electron chi connectivity index (χ0n) is 22.3. The van der Waals surface area contributed by atoms with E-state index in [0.29, 0.717) is 16.7 Å². The van der Waals surface area contributed by atoms with Crippen LogP contribution >= 0.6 is 11.8 Å². The fourth-order valence-corrected chi connectivity index (χ4v) is 6.69. The first-order valence-corrected chi connectivity index (χ1v) is 14.6. The highest BCUT2D eigenvalue weighted by atomic mass is 32.2. The van der Waals surface area contributed by atoms with E-state index < -0.39 is 5.92 Å². The van der Waals surface area contributed by atoms with E-state index in [2.05, 4.69) is 28.3 Å². The van der Waals surface area contributed by atoms with Crippen molar-refractivity contribution in [1.82, 2.24) is 14.7 Å². The van der Waals surface area contributed by atoms with Crippen LogP contribution in [0.25, 0.3) is 10.9 Å². The Hall–Kier alpha value is -2.65. The third-order valence-electron chi connectivity index (χ3n) is 8.60. The Morgan fingerprint density at radius 2 is 1.84 bits per heavy atom. The van der Waals surface area contributed by atoms with Crippen LogP contribution in [-0.4, -0.2) is 58.4 Å². The molecule has 1 atom stereocenters. The lowest BCUT2D eigenvalue weighted by atomic mass is 9.93. The molecule has 1 aromatic heterocycles. The van der Waals surface area contributed by atoms with Crippen molar-refractivity contribution in [3.05, 3.63) is 47.7 Å². The van der Waals surface area contributed by atoms with Crippen molar-refractivity contribution in [2.45, 2.75) is 56.4 Å². The maximum absolute atomic E-state index is 13.6. The Balaban J connectivity index is 1.26. The molecule has 6 nitrogen and oxygen atoms in total. The number of nitrogens with zero attached hydrogens (tertiary/aromatic N) is 4. The van der Waals surface area contributed by atoms with Gasteiger partial charge in [-0.2, -0.15) is 5.10 Å². The highest BCUT2D eigenvalue weighted by Crippen LogP contribution is 2.54. The number of fused-ring (bicyclic) bond motifs is 1. The summed E-state index contributed by atoms with van der Waals surface area (Å²) in [5.74, 6) is -1.79. The summed E-state index contributed by atoms with van der Waals surface area (Å²) in [4.78, 5) is 18.9. The smallest absolute Gasteiger partial charge is 0.272 e. The number of alkyl halides is 2. The summed E-state index contributed by atoms with van der Waals surface area (Å²) in [5.41, 5.74) is 4.58. The molecule has 1 amide bonds. The Bertz CT molecular complexity index is 1370. The van der Waals surface area contributed by atoms with Crippen LogP contribution in [0.3, 0.4) is 0 Å². The van der Waals surface area contributed by atoms with Crippen LogP contribution < -0.4 is 10.2 Å². The van der Waals surface area contributed by atoms with Crippen molar-refractivity contribution in [2.24, 2.45) is 12.5 Å². The van der Waals surface area contributed by atoms with Gasteiger partial charge in [0.1, 0.15) is 0 Å². The van der Waals surface area contributed by atoms with Gasteiger partial charge < -0.3 is 10.2 Å². The van der Waals surface area contributed by atoms with Gasteiger partial charge in [0, 0.05) is 36.1 Å². The van der Waals surface area contributed by atoms with Gasteiger partial charge in [0.25, 0.3) is 11.8 Å². The Morgan fingerprint density at radius 3 is 2.50 bits per heavy atom. The normalized spacial score (nSPS) is 20.9. The van der Waals surface area contributed by atoms with Gasteiger partial charge >= 0.3 is 0 Å². The molecule has 3 aliphatic rings. The topological polar surface area (TPSA) is 53.4 Å². The van der Waals surface area contributed by atoms with E-state index in [0.717, 1.165) is 41.1 Å². The Morgan fingerprint density at radius 1 is 1.11 bits per heavy atom. The quantitative estimate of drug-likeness (QED) is 0.356. The van der Waals surface area contributed by atoms with Crippen LogP contribution in [-0.2, 0) is 7.05 Å². The van der Waals surface area contributed by atoms with Gasteiger partial charge in [-0.25, -0.2) is 8.78 Å². The van der Waals surface area contributed by atoms with Gasteiger partial charge in [-0.1, -0.05) is 6.92 Å². The highest BCUT2D eigenvalue weighted by molar-refractivity contribution is 7.99. The number of piperidine rings is 1. The lowest BCUT2D eigenvalue weighted by Crippen LogP contribution is -2.56. The van der Waals surface area contributed by atoms with Gasteiger partial charge in [-0.05, 0) is 80.2 Å². The number of halogens is 2. The second-order valence-corrected chi connectivity index (χ2v) is 12.6. The van der Waals surface area contributed by atoms with Crippen molar-refractivity contribution in [3.8, 4) is 0 Å². The molecule has 2 aromatic carbocycles. The molecule has 202 valence electrons. The number of rotatable bonds is 7. The molecule has 38 heavy (non-hydrogen) atoms. The van der Waals surface area contributed by atoms with Crippen molar-refractivity contribution in [2.75, 3.05) is 42.1 Å². The number of carbonyl (C=O) groups excluding carboxylic acids is 1. The molecule has 1 aliphatic carbocycles. The summed E-state index contributed by atoms with van der Waals surface area (Å²) in [5, 5.41) is 8.63. The number of anilines is 2. The number of hydrogen-bond donors (Lipinski definition) is 1. The maximum Gasteiger partial charge on any atom is 0.272 e. The van der Waals surface area contributed by atoms with Crippen molar-refractivity contribution in [3.63, 3.8) is 0 Å². The SMILES string of the molecule is CCSc1ccc(C(=O)Nc2ccc3c(c2)c([C@@H](C)N2CC(F)(F)C2)nn3C)c(N2CCC3(CC2)CC3)c1. The maximum atomic E-state index is 13.6. The minimum Gasteiger partial charge on any atom is -0.371 e. The number of aryl methyl sites for hydroxylation is 1. The largest absolute Gasteiger partial charge is 0.371 e. The minimum atomic E-state index is -2.63. The van der Waals surface area contributed by atoms with Gasteiger partial charge in [0.15, 0.2) is 0 Å². The van der Waals surface area contributed by atoms with Crippen LogP contribution in [0.5, 0.6) is 0 Å². The number of nitrogens with one attached hydrogen (secondary N) is 1. The first-order valence-electron chi connectivity index (χ1n) is 13.6. The van der Waals surface area contributed by atoms with Gasteiger partial charge in [0.05, 0.1) is 41.6 Å². The lowest BCUT2D eigenvalue weighted by Gasteiger charge is -2.42. The van der Waals surface area contributed by atoms with E-state index in [1.54, 1.807) is 21.3 Å². The molecule has 6 rings (SSSR count). The van der Waals surface area contributed by atoms with Crippen LogP contribution in [0.2, 0.25) is 0 Å². The van der Waals surface area contributed by atoms with Crippen LogP contribution in [0, 0.1) is 5.41 Å². The summed E-state index contributed by atoms with van der Waals surface area (Å²) in [7, 11) is 1.86. The summed E-state index contributed by atoms with van der Waals surface area (Å²) in [6.45, 7) is 5.51. The molecule has 0 bridgehead atoms. The van der Waals surface area contributed by atoms with E-state index in [9.17, 15) is 13.6 Å². The van der Waals surface area contributed by atoms with Crippen molar-refractivity contribution >= 4 is 39.9 Å². The molecule has 3 heterocycles. The molecule has 3 fully saturated rings. The first kappa shape index (κ1) is 25.6. The predicted octanol–water partition coefficient (Wildman–Crippen LogP) is 6.33. The molecule has 9 heteroatoms. The fraction of sp³-hybridized carbons (Fsp3) is 0.517. The third kappa shape index (κ3) is 4.79. The molecule has 2 aliphatic heterocycles. The number of aromatic nitrogens is 2. The molecule has 1 saturated carbocycles. The number of benzene rings is 2. The molecular weight excluding hydrogens is 504 g/mol. The number of hydrogen-bond acceptors (Lipinski definition) is 5. The number of thioether (sulfide) groups is 1. The zero-order valence-corrected chi connectivity index (χ0v) is 23.1. The first-order chi connectivity index (χ1) is 18.2. The molecular formula is C29H35F2N5OS. The van der Waals surface area contributed by atoms with E-state index in [4.69, 9.17) is 0 Å². The number of amides is 1. The summed E-state index contributed by atoms with van der Waals surface area (Å²) >= 11 is 1.79. The molecule has 1 N–H and O–H groups in total. The molecule has 0 radical (unpaired) electrons. The highest BCUT2D eigenvalue weighted by Gasteiger charge is 2.47. The molecule has 3 aromatic rings. The Kier molecular flexibility index (Phi) is 6.42. The van der Waals surface area contributed by atoms with E-state index in [1.165, 1.54) is 30.6 Å². The second-order valence-electron chi connectivity index (χ2n) is 11.2. The molecule has 2 saturated heterocycles. The zero-order chi connectivity index (χ0) is 26.7. The van der Waals surface area contributed by atoms with Gasteiger partial charge in [0.2, 0.25) is 0 Å². The van der Waals surface area contributed by atoms with Crippen LogP contribution in [0.1, 0.15) is 61.6 Å². The monoisotopic (exact) mass is 539 g/mol. The summed E-state index contributed by atoms with van der Waals surface area (Å²) in [6, 6.07) is 11.6. The van der Waals surface area contributed by atoms with Gasteiger partial charge in [-0.3, -0.25) is 14.4 Å². The predicted molar refractivity (Wildman–Crippen MR) is 150 cm³/mol. The van der Waals surface area contributed by atoms with Crippen LogP contribution in [0.4, 0.5) is 20.2 Å². The third-order valence-corrected chi connectivity index (χ3v) is 9.47. The number of likely N-dealkylation sites (tertiary alicyclic amines) is 1. The summed E-state index contributed by atoms with van der Waals surface area (Å²) in [6.07, 6.45) is 5.08. The lowest BCUT2D eigenvalue weighted by molar-refractivity contribution is -0.144. The van der Waals surface area contributed by atoms with Crippen molar-refractivity contribution < 1.29 is 13.6 Å². The molecule has 0 unspecified atom stereocenters. The second kappa shape index (κ2) is 9.52. The standard InChI is InChI=1S/C29H35F2N5OS/c1-4-38-21-6-7-22(25(16-21)35-13-11-28(9-10-28)12-14-35)27(37)32-20-5-8-24-23(15-20)26(33-34(24)3)19(2)36-17-29(30,31)18-36/h5-8,15-16,19H,4,9-14,17-18H2,1-3H3,(H,32,37)/t19-/m1/s1. The summed E-state index contributed by atoms with van der Waals surface area (Å²) < 4.78 is 28.8. The average Bonchev–Trinajstić information content (AvgIpc) is 3.55. The minimum absolute atomic E-state index is 0.139. The van der Waals surface area contributed by atoms with Gasteiger partial charge in [-0.15, -0.1) is 11.8 Å². The average molecular weight is 540 g/mol. The fourth-order valence-electron chi connectivity index (χ4n) is 5.99. The number of carbonyl (C=O) groups is 1. The molecule has 1 spiro atoms.